The van der Waals surface area contributed by atoms with E-state index in [1.165, 1.54) is 5.56 Å². The Morgan fingerprint density at radius 1 is 1.33 bits per heavy atom. The quantitative estimate of drug-likeness (QED) is 0.829. The van der Waals surface area contributed by atoms with Gasteiger partial charge in [-0.1, -0.05) is 6.07 Å². The molecule has 0 saturated carbocycles. The van der Waals surface area contributed by atoms with Gasteiger partial charge in [-0.15, -0.1) is 0 Å². The van der Waals surface area contributed by atoms with Gasteiger partial charge in [0.1, 0.15) is 0 Å². The fraction of sp³-hybridized carbons (Fsp3) is 0.647. The van der Waals surface area contributed by atoms with Crippen LogP contribution >= 0.6 is 0 Å². The number of hydrogen-bond donors (Lipinski definition) is 1. The number of rotatable bonds is 6. The number of fused-ring (bicyclic) bond motifs is 1. The smallest absolute Gasteiger partial charge is 0.240 e. The summed E-state index contributed by atoms with van der Waals surface area (Å²) in [5.74, 6) is 0. The Bertz CT molecular complexity index is 678. The van der Waals surface area contributed by atoms with Crippen LogP contribution in [0.2, 0.25) is 0 Å². The van der Waals surface area contributed by atoms with Gasteiger partial charge in [0, 0.05) is 45.5 Å². The standard InChI is InChI=1S/C17H27N3O3S/c1-19-8-3-4-14-5-6-16(12-17(14)19)24(21,22)18-15-7-9-20(13-15)10-11-23-2/h5-6,12,15,18H,3-4,7-11,13H2,1-2H3. The zero-order valence-corrected chi connectivity index (χ0v) is 15.3. The molecule has 1 atom stereocenters. The SMILES string of the molecule is COCCN1CCC(NS(=O)(=O)c2ccc3c(c2)N(C)CCC3)C1. The Morgan fingerprint density at radius 3 is 2.96 bits per heavy atom. The van der Waals surface area contributed by atoms with E-state index in [0.29, 0.717) is 11.5 Å². The van der Waals surface area contributed by atoms with Crippen molar-refractivity contribution in [2.24, 2.45) is 0 Å². The van der Waals surface area contributed by atoms with Crippen LogP contribution in [-0.4, -0.2) is 66.3 Å². The monoisotopic (exact) mass is 353 g/mol. The van der Waals surface area contributed by atoms with Crippen LogP contribution in [0, 0.1) is 0 Å². The highest BCUT2D eigenvalue weighted by molar-refractivity contribution is 7.89. The number of nitrogens with zero attached hydrogens (tertiary/aromatic N) is 2. The molecule has 1 aromatic rings. The third-order valence-corrected chi connectivity index (χ3v) is 6.44. The maximum atomic E-state index is 12.7. The highest BCUT2D eigenvalue weighted by atomic mass is 32.2. The number of hydrogen-bond acceptors (Lipinski definition) is 5. The second-order valence-corrected chi connectivity index (χ2v) is 8.43. The molecular weight excluding hydrogens is 326 g/mol. The number of sulfonamides is 1. The van der Waals surface area contributed by atoms with Crippen molar-refractivity contribution >= 4 is 15.7 Å². The predicted octanol–water partition coefficient (Wildman–Crippen LogP) is 1.07. The van der Waals surface area contributed by atoms with Crippen LogP contribution in [0.4, 0.5) is 5.69 Å². The average Bonchev–Trinajstić information content (AvgIpc) is 2.99. The number of benzene rings is 1. The van der Waals surface area contributed by atoms with Gasteiger partial charge < -0.3 is 9.64 Å². The zero-order valence-electron chi connectivity index (χ0n) is 14.5. The van der Waals surface area contributed by atoms with Gasteiger partial charge >= 0.3 is 0 Å². The summed E-state index contributed by atoms with van der Waals surface area (Å²) >= 11 is 0. The van der Waals surface area contributed by atoms with E-state index in [1.54, 1.807) is 13.2 Å². The van der Waals surface area contributed by atoms with E-state index >= 15 is 0 Å². The summed E-state index contributed by atoms with van der Waals surface area (Å²) in [6.07, 6.45) is 2.98. The molecular formula is C17H27N3O3S. The van der Waals surface area contributed by atoms with Gasteiger partial charge in [0.05, 0.1) is 11.5 Å². The molecule has 134 valence electrons. The summed E-state index contributed by atoms with van der Waals surface area (Å²) in [5.41, 5.74) is 2.27. The van der Waals surface area contributed by atoms with Crippen molar-refractivity contribution in [3.8, 4) is 0 Å². The summed E-state index contributed by atoms with van der Waals surface area (Å²) in [6.45, 7) is 4.15. The first kappa shape index (κ1) is 17.7. The Labute approximate surface area is 144 Å². The lowest BCUT2D eigenvalue weighted by Crippen LogP contribution is -2.37. The maximum absolute atomic E-state index is 12.7. The van der Waals surface area contributed by atoms with Gasteiger partial charge in [-0.2, -0.15) is 0 Å². The molecule has 1 N–H and O–H groups in total. The number of nitrogens with one attached hydrogen (secondary N) is 1. The number of anilines is 1. The normalized spacial score (nSPS) is 21.9. The van der Waals surface area contributed by atoms with E-state index in [4.69, 9.17) is 4.74 Å². The minimum atomic E-state index is -3.48. The number of methoxy groups -OCH3 is 1. The molecule has 1 unspecified atom stereocenters. The molecule has 0 radical (unpaired) electrons. The minimum Gasteiger partial charge on any atom is -0.383 e. The molecule has 3 rings (SSSR count). The first-order valence-corrected chi connectivity index (χ1v) is 10.1. The van der Waals surface area contributed by atoms with E-state index in [9.17, 15) is 8.42 Å². The van der Waals surface area contributed by atoms with Crippen molar-refractivity contribution in [3.63, 3.8) is 0 Å². The molecule has 0 aliphatic carbocycles. The molecule has 0 amide bonds. The van der Waals surface area contributed by atoms with Crippen molar-refractivity contribution in [2.45, 2.75) is 30.2 Å². The van der Waals surface area contributed by atoms with Crippen LogP contribution in [0.15, 0.2) is 23.1 Å². The molecule has 1 saturated heterocycles. The van der Waals surface area contributed by atoms with Crippen molar-refractivity contribution in [2.75, 3.05) is 51.8 Å². The first-order chi connectivity index (χ1) is 11.5. The largest absolute Gasteiger partial charge is 0.383 e. The van der Waals surface area contributed by atoms with Gasteiger partial charge in [-0.3, -0.25) is 4.90 Å². The maximum Gasteiger partial charge on any atom is 0.240 e. The molecule has 0 aromatic heterocycles. The summed E-state index contributed by atoms with van der Waals surface area (Å²) in [6, 6.07) is 5.48. The van der Waals surface area contributed by atoms with Crippen molar-refractivity contribution < 1.29 is 13.2 Å². The minimum absolute atomic E-state index is 0.0272. The summed E-state index contributed by atoms with van der Waals surface area (Å²) in [5, 5.41) is 0. The van der Waals surface area contributed by atoms with Crippen LogP contribution < -0.4 is 9.62 Å². The van der Waals surface area contributed by atoms with E-state index in [-0.39, 0.29) is 6.04 Å². The number of likely N-dealkylation sites (tertiary alicyclic amines) is 1. The summed E-state index contributed by atoms with van der Waals surface area (Å²) in [7, 11) is 0.225. The van der Waals surface area contributed by atoms with Crippen LogP contribution in [0.25, 0.3) is 0 Å². The molecule has 1 aromatic carbocycles. The van der Waals surface area contributed by atoms with Crippen LogP contribution in [0.5, 0.6) is 0 Å². The summed E-state index contributed by atoms with van der Waals surface area (Å²) in [4.78, 5) is 4.74. The molecule has 2 aliphatic rings. The molecule has 1 fully saturated rings. The van der Waals surface area contributed by atoms with Gasteiger partial charge in [0.15, 0.2) is 0 Å². The Balaban J connectivity index is 1.69. The lowest BCUT2D eigenvalue weighted by molar-refractivity contribution is 0.160. The number of aryl methyl sites for hydroxylation is 1. The molecule has 24 heavy (non-hydrogen) atoms. The third-order valence-electron chi connectivity index (χ3n) is 4.92. The first-order valence-electron chi connectivity index (χ1n) is 8.57. The van der Waals surface area contributed by atoms with E-state index in [1.807, 2.05) is 19.2 Å². The van der Waals surface area contributed by atoms with Crippen molar-refractivity contribution in [1.29, 1.82) is 0 Å². The number of ether oxygens (including phenoxy) is 1. The van der Waals surface area contributed by atoms with Gasteiger partial charge in [0.2, 0.25) is 10.0 Å². The second-order valence-electron chi connectivity index (χ2n) is 6.72. The second kappa shape index (κ2) is 7.39. The molecule has 0 spiro atoms. The van der Waals surface area contributed by atoms with Crippen molar-refractivity contribution in [3.05, 3.63) is 23.8 Å². The zero-order chi connectivity index (χ0) is 17.2. The third kappa shape index (κ3) is 3.91. The Hall–Kier alpha value is -1.15. The highest BCUT2D eigenvalue weighted by Crippen LogP contribution is 2.28. The Morgan fingerprint density at radius 2 is 2.17 bits per heavy atom. The van der Waals surface area contributed by atoms with Crippen LogP contribution in [-0.2, 0) is 21.2 Å². The van der Waals surface area contributed by atoms with Crippen LogP contribution in [0.1, 0.15) is 18.4 Å². The van der Waals surface area contributed by atoms with Gasteiger partial charge in [-0.05, 0) is 43.5 Å². The average molecular weight is 353 g/mol. The lowest BCUT2D eigenvalue weighted by Gasteiger charge is -2.28. The highest BCUT2D eigenvalue weighted by Gasteiger charge is 2.28. The molecule has 2 heterocycles. The van der Waals surface area contributed by atoms with Crippen molar-refractivity contribution in [1.82, 2.24) is 9.62 Å². The Kier molecular flexibility index (Phi) is 5.44. The van der Waals surface area contributed by atoms with E-state index < -0.39 is 10.0 Å². The van der Waals surface area contributed by atoms with Gasteiger partial charge in [-0.25, -0.2) is 13.1 Å². The predicted molar refractivity (Wildman–Crippen MR) is 95.1 cm³/mol. The molecule has 2 aliphatic heterocycles. The van der Waals surface area contributed by atoms with Crippen LogP contribution in [0.3, 0.4) is 0 Å². The van der Waals surface area contributed by atoms with Gasteiger partial charge in [0.25, 0.3) is 0 Å². The molecule has 6 nitrogen and oxygen atoms in total. The summed E-state index contributed by atoms with van der Waals surface area (Å²) < 4.78 is 33.4. The fourth-order valence-electron chi connectivity index (χ4n) is 3.54. The lowest BCUT2D eigenvalue weighted by atomic mass is 10.0. The molecule has 0 bridgehead atoms. The topological polar surface area (TPSA) is 61.9 Å². The van der Waals surface area contributed by atoms with E-state index in [2.05, 4.69) is 14.5 Å². The van der Waals surface area contributed by atoms with E-state index in [0.717, 1.165) is 51.1 Å². The molecule has 7 heteroatoms. The fourth-order valence-corrected chi connectivity index (χ4v) is 4.83.